The molecule has 24 heteroatoms. The van der Waals surface area contributed by atoms with Crippen LogP contribution in [0.1, 0.15) is 18.9 Å². The number of imidazole rings is 2. The summed E-state index contributed by atoms with van der Waals surface area (Å²) in [6.07, 6.45) is -7.26. The number of phosphoric ester groups is 2. The van der Waals surface area contributed by atoms with Crippen LogP contribution in [0, 0.1) is 0 Å². The van der Waals surface area contributed by atoms with E-state index in [1.807, 2.05) is 0 Å². The first kappa shape index (κ1) is 29.3. The average molecular weight is 660 g/mol. The van der Waals surface area contributed by atoms with Crippen molar-refractivity contribution in [3.8, 4) is 0 Å². The number of alkyl halides is 1. The van der Waals surface area contributed by atoms with Gasteiger partial charge in [-0.25, -0.2) is 33.5 Å². The fourth-order valence-corrected chi connectivity index (χ4v) is 7.16. The molecule has 0 aromatic carbocycles. The second-order valence-electron chi connectivity index (χ2n) is 9.99. The van der Waals surface area contributed by atoms with Gasteiger partial charge >= 0.3 is 15.6 Å². The predicted octanol–water partition coefficient (Wildman–Crippen LogP) is -0.335. The molecule has 4 aromatic heterocycles. The zero-order valence-corrected chi connectivity index (χ0v) is 23.8. The van der Waals surface area contributed by atoms with Crippen LogP contribution in [0.3, 0.4) is 0 Å². The Morgan fingerprint density at radius 1 is 0.909 bits per heavy atom. The lowest BCUT2D eigenvalue weighted by atomic mass is 10.1. The molecule has 0 spiro atoms. The smallest absolute Gasteiger partial charge is 0.382 e. The van der Waals surface area contributed by atoms with Gasteiger partial charge in [-0.15, -0.1) is 0 Å². The molecule has 21 nitrogen and oxygen atoms in total. The average Bonchev–Trinajstić information content (AvgIpc) is 3.72. The van der Waals surface area contributed by atoms with Crippen molar-refractivity contribution in [1.82, 2.24) is 39.0 Å². The van der Waals surface area contributed by atoms with Gasteiger partial charge < -0.3 is 30.7 Å². The van der Waals surface area contributed by atoms with Gasteiger partial charge in [0.1, 0.15) is 30.2 Å². The summed E-state index contributed by atoms with van der Waals surface area (Å²) in [5.74, 6) is -0.215. The Kier molecular flexibility index (Phi) is 7.05. The number of ether oxygens (including phenoxy) is 2. The molecule has 9 atom stereocenters. The van der Waals surface area contributed by atoms with E-state index in [-0.39, 0.29) is 40.5 Å². The molecular formula is C20H23FN10O11P2. The number of nitrogens with two attached hydrogens (primary N) is 2. The number of H-pyrrole nitrogens is 1. The Hall–Kier alpha value is -3.43. The number of nitrogen functional groups attached to an aromatic ring is 2. The molecule has 4 aromatic rings. The van der Waals surface area contributed by atoms with Crippen LogP contribution in [-0.4, -0.2) is 92.6 Å². The molecule has 0 radical (unpaired) electrons. The first-order valence-corrected chi connectivity index (χ1v) is 15.8. The summed E-state index contributed by atoms with van der Waals surface area (Å²) in [5, 5.41) is 0. The van der Waals surface area contributed by atoms with Gasteiger partial charge in [0.2, 0.25) is 5.95 Å². The van der Waals surface area contributed by atoms with E-state index >= 15 is 4.39 Å². The minimum atomic E-state index is -5.01. The molecule has 44 heavy (non-hydrogen) atoms. The van der Waals surface area contributed by atoms with Crippen molar-refractivity contribution < 1.29 is 50.9 Å². The number of hydrogen-bond acceptors (Lipinski definition) is 16. The molecule has 236 valence electrons. The second-order valence-corrected chi connectivity index (χ2v) is 12.8. The lowest BCUT2D eigenvalue weighted by molar-refractivity contribution is -0.0668. The Morgan fingerprint density at radius 2 is 1.61 bits per heavy atom. The quantitative estimate of drug-likeness (QED) is 0.172. The first-order chi connectivity index (χ1) is 20.9. The third kappa shape index (κ3) is 5.17. The highest BCUT2D eigenvalue weighted by molar-refractivity contribution is 7.47. The molecule has 0 amide bonds. The third-order valence-corrected chi connectivity index (χ3v) is 9.14. The minimum Gasteiger partial charge on any atom is -0.382 e. The number of hydrogen-bond donors (Lipinski definition) is 5. The Morgan fingerprint density at radius 3 is 2.41 bits per heavy atom. The molecule has 3 fully saturated rings. The maximum Gasteiger partial charge on any atom is 0.472 e. The minimum absolute atomic E-state index is 0.0146. The highest BCUT2D eigenvalue weighted by atomic mass is 31.2. The number of nitrogens with one attached hydrogen (secondary N) is 1. The third-order valence-electron chi connectivity index (χ3n) is 7.15. The summed E-state index contributed by atoms with van der Waals surface area (Å²) in [6.45, 7) is -1.42. The molecule has 3 aliphatic rings. The summed E-state index contributed by atoms with van der Waals surface area (Å²) >= 11 is 0. The number of rotatable bonds is 2. The standard InChI is InChI=1S/C20H23FN10O11P2/c21-10-13-9(40-19(10)30-5-26-11-14(22)24-4-25-15(11)30)3-38-43(33,34)41-8-1-7(2-37-44(35,36)42-13)39-18(8)31-6-27-12-16(31)28-20(23)29-17(12)32/h4-10,13,18-19H,1-3H2,(H,33,34)(H,35,36)(H2,22,24,25)(H3,23,28,29,32)/t7-,8?,9+,10?,13?,18+,19+/m0/s1. The molecule has 7 N–H and O–H groups in total. The zero-order chi connectivity index (χ0) is 31.0. The van der Waals surface area contributed by atoms with Crippen molar-refractivity contribution in [3.63, 3.8) is 0 Å². The van der Waals surface area contributed by atoms with Crippen molar-refractivity contribution in [1.29, 1.82) is 0 Å². The van der Waals surface area contributed by atoms with Crippen LogP contribution in [0.25, 0.3) is 22.3 Å². The SMILES string of the molecule is Nc1nc2c(ncn2[C@@H]2O[C@@H]3COP(=O)(O)OC4C(F)[C@H](n5cnc6c(N)ncnc65)O[C@@H]4COP(=O)(O)OC2C3)c(=O)[nH]1. The van der Waals surface area contributed by atoms with Gasteiger partial charge in [-0.05, 0) is 0 Å². The number of nitrogens with zero attached hydrogens (tertiary/aromatic N) is 7. The number of aromatic nitrogens is 8. The lowest BCUT2D eigenvalue weighted by Crippen LogP contribution is -2.34. The van der Waals surface area contributed by atoms with E-state index in [2.05, 4.69) is 29.9 Å². The largest absolute Gasteiger partial charge is 0.472 e. The van der Waals surface area contributed by atoms with Crippen LogP contribution < -0.4 is 17.0 Å². The van der Waals surface area contributed by atoms with Crippen molar-refractivity contribution in [2.45, 2.75) is 49.5 Å². The molecule has 3 saturated heterocycles. The summed E-state index contributed by atoms with van der Waals surface area (Å²) in [6, 6.07) is 0. The van der Waals surface area contributed by atoms with Crippen LogP contribution in [-0.2, 0) is 36.7 Å². The predicted molar refractivity (Wildman–Crippen MR) is 141 cm³/mol. The van der Waals surface area contributed by atoms with Gasteiger partial charge in [-0.2, -0.15) is 4.98 Å². The van der Waals surface area contributed by atoms with Crippen molar-refractivity contribution in [2.75, 3.05) is 24.7 Å². The van der Waals surface area contributed by atoms with E-state index in [0.717, 1.165) is 10.9 Å². The zero-order valence-electron chi connectivity index (χ0n) is 22.0. The summed E-state index contributed by atoms with van der Waals surface area (Å²) < 4.78 is 76.9. The monoisotopic (exact) mass is 660 g/mol. The van der Waals surface area contributed by atoms with E-state index in [1.54, 1.807) is 0 Å². The van der Waals surface area contributed by atoms with Gasteiger partial charge in [-0.1, -0.05) is 0 Å². The fourth-order valence-electron chi connectivity index (χ4n) is 5.26. The fraction of sp³-hybridized carbons (Fsp3) is 0.500. The van der Waals surface area contributed by atoms with Crippen molar-refractivity contribution in [2.24, 2.45) is 0 Å². The first-order valence-electron chi connectivity index (χ1n) is 12.8. The van der Waals surface area contributed by atoms with E-state index in [4.69, 9.17) is 39.0 Å². The van der Waals surface area contributed by atoms with Crippen LogP contribution in [0.15, 0.2) is 23.8 Å². The molecule has 0 aliphatic carbocycles. The maximum atomic E-state index is 15.9. The van der Waals surface area contributed by atoms with Crippen molar-refractivity contribution >= 4 is 49.7 Å². The highest BCUT2D eigenvalue weighted by Gasteiger charge is 2.52. The van der Waals surface area contributed by atoms with Gasteiger partial charge in [0.15, 0.2) is 41.3 Å². The Bertz CT molecular complexity index is 1900. The number of fused-ring (bicyclic) bond motifs is 5. The molecule has 2 bridgehead atoms. The molecule has 7 rings (SSSR count). The van der Waals surface area contributed by atoms with Crippen LogP contribution >= 0.6 is 15.6 Å². The molecule has 7 heterocycles. The van der Waals surface area contributed by atoms with E-state index in [9.17, 15) is 23.7 Å². The lowest BCUT2D eigenvalue weighted by Gasteiger charge is -2.25. The normalized spacial score (nSPS) is 36.6. The van der Waals surface area contributed by atoms with Crippen LogP contribution in [0.5, 0.6) is 0 Å². The maximum absolute atomic E-state index is 15.9. The molecule has 3 aliphatic heterocycles. The van der Waals surface area contributed by atoms with Gasteiger partial charge in [0.05, 0.1) is 32.0 Å². The van der Waals surface area contributed by atoms with E-state index in [1.165, 1.54) is 17.2 Å². The van der Waals surface area contributed by atoms with Gasteiger partial charge in [-0.3, -0.25) is 37.0 Å². The highest BCUT2D eigenvalue weighted by Crippen LogP contribution is 2.54. The number of halogens is 1. The number of anilines is 2. The number of aromatic amines is 1. The summed E-state index contributed by atoms with van der Waals surface area (Å²) in [5.41, 5.74) is 10.9. The van der Waals surface area contributed by atoms with Gasteiger partial charge in [0.25, 0.3) is 5.56 Å². The molecule has 5 unspecified atom stereocenters. The Balaban J connectivity index is 1.19. The summed E-state index contributed by atoms with van der Waals surface area (Å²) in [7, 11) is -9.96. The van der Waals surface area contributed by atoms with E-state index < -0.39 is 77.5 Å². The van der Waals surface area contributed by atoms with Crippen LogP contribution in [0.4, 0.5) is 16.2 Å². The van der Waals surface area contributed by atoms with Gasteiger partial charge in [0, 0.05) is 6.42 Å². The summed E-state index contributed by atoms with van der Waals surface area (Å²) in [4.78, 5) is 55.7. The number of phosphoric acid groups is 2. The second kappa shape index (κ2) is 10.6. The molecule has 0 saturated carbocycles. The van der Waals surface area contributed by atoms with Crippen molar-refractivity contribution in [3.05, 3.63) is 29.3 Å². The van der Waals surface area contributed by atoms with E-state index in [0.29, 0.717) is 0 Å². The molecular weight excluding hydrogens is 637 g/mol. The van der Waals surface area contributed by atoms with Crippen LogP contribution in [0.2, 0.25) is 0 Å². The Labute approximate surface area is 243 Å². The topological polar surface area (TPSA) is 289 Å².